The molecular formula is C20H35NO17S. The number of amides is 1. The average molecular weight is 594 g/mol. The van der Waals surface area contributed by atoms with Crippen molar-refractivity contribution in [2.45, 2.75) is 85.3 Å². The average Bonchev–Trinajstić information content (AvgIpc) is 2.92. The van der Waals surface area contributed by atoms with Crippen LogP contribution in [-0.2, 0) is 28.5 Å². The molecule has 39 heavy (non-hydrogen) atoms. The fourth-order valence-electron chi connectivity index (χ4n) is 3.90. The highest BCUT2D eigenvalue weighted by Crippen LogP contribution is 2.26. The molecular weight excluding hydrogens is 558 g/mol. The van der Waals surface area contributed by atoms with Crippen LogP contribution in [0.4, 0.5) is 0 Å². The normalized spacial score (nSPS) is 39.4. The molecule has 2 rings (SSSR count). The van der Waals surface area contributed by atoms with Crippen molar-refractivity contribution in [3.05, 3.63) is 0 Å². The minimum atomic E-state index is -3.31. The van der Waals surface area contributed by atoms with Crippen molar-refractivity contribution < 1.29 is 84.7 Å². The lowest BCUT2D eigenvalue weighted by atomic mass is 9.86. The van der Waals surface area contributed by atoms with E-state index in [9.17, 15) is 65.8 Å². The van der Waals surface area contributed by atoms with Gasteiger partial charge in [0.05, 0.1) is 25.6 Å². The van der Waals surface area contributed by atoms with Crippen LogP contribution in [0.25, 0.3) is 0 Å². The van der Waals surface area contributed by atoms with E-state index in [1.807, 2.05) is 0 Å². The van der Waals surface area contributed by atoms with Crippen molar-refractivity contribution >= 4 is 24.3 Å². The fraction of sp³-hybridized carbons (Fsp3) is 0.900. The molecule has 19 heteroatoms. The van der Waals surface area contributed by atoms with Crippen LogP contribution in [0.3, 0.4) is 0 Å². The van der Waals surface area contributed by atoms with Crippen LogP contribution in [0.1, 0.15) is 0 Å². The standard InChI is InChI=1S/C20H35NO17S/c21-19(33)20(34,8(24)4-39)16(32)9(25)5(23)2-35-17-15(31)13(29)11(27)7(38-17)3-36-18-14(30)12(28)10(26)6(1-22)37-18/h5-7,9-18,22-23,25-32,34,39H,1-4H2,(H2,21,33)/t5-,6-,7-,9-,10-,11-,12+,13+,14-,15-,16+,17+,18+,20+/m1/s1. The van der Waals surface area contributed by atoms with Gasteiger partial charge in [0, 0.05) is 0 Å². The van der Waals surface area contributed by atoms with Gasteiger partial charge in [-0.15, -0.1) is 0 Å². The molecule has 0 radical (unpaired) electrons. The van der Waals surface area contributed by atoms with Gasteiger partial charge in [0.2, 0.25) is 5.60 Å². The molecule has 14 atom stereocenters. The molecule has 2 fully saturated rings. The highest BCUT2D eigenvalue weighted by molar-refractivity contribution is 7.81. The Morgan fingerprint density at radius 3 is 1.82 bits per heavy atom. The molecule has 0 spiro atoms. The summed E-state index contributed by atoms with van der Waals surface area (Å²) >= 11 is 3.58. The molecule has 18 nitrogen and oxygen atoms in total. The summed E-state index contributed by atoms with van der Waals surface area (Å²) in [6, 6.07) is 0. The van der Waals surface area contributed by atoms with Gasteiger partial charge in [-0.2, -0.15) is 12.6 Å². The van der Waals surface area contributed by atoms with Gasteiger partial charge < -0.3 is 80.9 Å². The first-order valence-corrected chi connectivity index (χ1v) is 12.2. The third kappa shape index (κ3) is 7.22. The molecule has 228 valence electrons. The van der Waals surface area contributed by atoms with Crippen LogP contribution in [0.15, 0.2) is 0 Å². The third-order valence-electron chi connectivity index (χ3n) is 6.46. The Morgan fingerprint density at radius 2 is 1.33 bits per heavy atom. The van der Waals surface area contributed by atoms with Crippen molar-refractivity contribution in [1.82, 2.24) is 0 Å². The lowest BCUT2D eigenvalue weighted by Gasteiger charge is -2.43. The van der Waals surface area contributed by atoms with Gasteiger partial charge >= 0.3 is 0 Å². The van der Waals surface area contributed by atoms with Crippen LogP contribution >= 0.6 is 12.6 Å². The Bertz CT molecular complexity index is 823. The highest BCUT2D eigenvalue weighted by atomic mass is 32.1. The lowest BCUT2D eigenvalue weighted by molar-refractivity contribution is -0.333. The first kappa shape index (κ1) is 34.1. The fourth-order valence-corrected chi connectivity index (χ4v) is 4.15. The van der Waals surface area contributed by atoms with Gasteiger partial charge in [0.15, 0.2) is 18.4 Å². The molecule has 1 amide bonds. The summed E-state index contributed by atoms with van der Waals surface area (Å²) in [5.41, 5.74) is 1.64. The Morgan fingerprint density at radius 1 is 0.846 bits per heavy atom. The maximum atomic E-state index is 11.9. The first-order valence-electron chi connectivity index (χ1n) is 11.6. The van der Waals surface area contributed by atoms with Crippen LogP contribution in [0.5, 0.6) is 0 Å². The van der Waals surface area contributed by atoms with Gasteiger partial charge in [-0.05, 0) is 0 Å². The zero-order valence-corrected chi connectivity index (χ0v) is 21.1. The summed E-state index contributed by atoms with van der Waals surface area (Å²) in [4.78, 5) is 23.4. The van der Waals surface area contributed by atoms with E-state index >= 15 is 0 Å². The molecule has 0 aromatic carbocycles. The number of carbonyl (C=O) groups is 2. The summed E-state index contributed by atoms with van der Waals surface area (Å²) in [5, 5.41) is 110. The van der Waals surface area contributed by atoms with Crippen molar-refractivity contribution in [1.29, 1.82) is 0 Å². The number of carbonyl (C=O) groups excluding carboxylic acids is 2. The van der Waals surface area contributed by atoms with Crippen molar-refractivity contribution in [3.63, 3.8) is 0 Å². The number of nitrogens with two attached hydrogens (primary N) is 1. The van der Waals surface area contributed by atoms with Gasteiger partial charge in [-0.3, -0.25) is 9.59 Å². The number of aliphatic hydroxyl groups is 11. The first-order chi connectivity index (χ1) is 18.1. The maximum Gasteiger partial charge on any atom is 0.260 e. The number of rotatable bonds is 13. The quantitative estimate of drug-likeness (QED) is 0.0696. The van der Waals surface area contributed by atoms with E-state index in [0.717, 1.165) is 0 Å². The molecule has 0 aliphatic carbocycles. The summed E-state index contributed by atoms with van der Waals surface area (Å²) in [6.45, 7) is -2.40. The van der Waals surface area contributed by atoms with Gasteiger partial charge in [-0.25, -0.2) is 0 Å². The molecule has 2 heterocycles. The Labute approximate surface area is 226 Å². The minimum Gasteiger partial charge on any atom is -0.394 e. The predicted octanol–water partition coefficient (Wildman–Crippen LogP) is -8.57. The second-order valence-corrected chi connectivity index (χ2v) is 9.41. The largest absolute Gasteiger partial charge is 0.394 e. The van der Waals surface area contributed by atoms with Crippen LogP contribution in [0, 0.1) is 0 Å². The third-order valence-corrected chi connectivity index (χ3v) is 6.75. The zero-order chi connectivity index (χ0) is 29.8. The second kappa shape index (κ2) is 14.2. The van der Waals surface area contributed by atoms with Gasteiger partial charge in [0.25, 0.3) is 5.91 Å². The molecule has 2 aliphatic rings. The highest BCUT2D eigenvalue weighted by Gasteiger charge is 2.53. The van der Waals surface area contributed by atoms with E-state index in [1.54, 1.807) is 0 Å². The molecule has 0 bridgehead atoms. The van der Waals surface area contributed by atoms with Crippen LogP contribution in [0.2, 0.25) is 0 Å². The number of Topliss-reactive ketones (excluding diaryl/α,β-unsaturated/α-hetero) is 1. The van der Waals surface area contributed by atoms with Crippen LogP contribution in [-0.4, -0.2) is 179 Å². The lowest BCUT2D eigenvalue weighted by Crippen LogP contribution is -2.65. The number of thiol groups is 1. The van der Waals surface area contributed by atoms with E-state index in [4.69, 9.17) is 24.7 Å². The number of ketones is 1. The second-order valence-electron chi connectivity index (χ2n) is 9.09. The van der Waals surface area contributed by atoms with Gasteiger partial charge in [-0.1, -0.05) is 0 Å². The SMILES string of the molecule is NC(=O)[C@](O)(C(=O)CS)[C@@H](O)[C@H](O)[C@H](O)CO[C@H]1O[C@H](CO[C@H]2O[C@H](CO)[C@@H](O)[C@H](O)[C@H]2O)[C@@H](O)[C@H](O)[C@H]1O. The van der Waals surface area contributed by atoms with E-state index in [2.05, 4.69) is 12.6 Å². The molecule has 0 aromatic rings. The van der Waals surface area contributed by atoms with Crippen molar-refractivity contribution in [2.24, 2.45) is 5.73 Å². The molecule has 2 aliphatic heterocycles. The molecule has 2 saturated heterocycles. The van der Waals surface area contributed by atoms with Crippen molar-refractivity contribution in [3.8, 4) is 0 Å². The Kier molecular flexibility index (Phi) is 12.4. The minimum absolute atomic E-state index is 0.672. The Hall–Kier alpha value is -1.11. The van der Waals surface area contributed by atoms with Crippen LogP contribution < -0.4 is 5.73 Å². The number of aliphatic hydroxyl groups excluding tert-OH is 10. The summed E-state index contributed by atoms with van der Waals surface area (Å²) in [5.74, 6) is -3.86. The van der Waals surface area contributed by atoms with Crippen molar-refractivity contribution in [2.75, 3.05) is 25.6 Å². The summed E-state index contributed by atoms with van der Waals surface area (Å²) < 4.78 is 20.8. The smallest absolute Gasteiger partial charge is 0.260 e. The molecule has 13 N–H and O–H groups in total. The number of ether oxygens (including phenoxy) is 4. The predicted molar refractivity (Wildman–Crippen MR) is 123 cm³/mol. The summed E-state index contributed by atoms with van der Waals surface area (Å²) in [7, 11) is 0. The molecule has 0 saturated carbocycles. The van der Waals surface area contributed by atoms with E-state index in [0.29, 0.717) is 0 Å². The van der Waals surface area contributed by atoms with E-state index < -0.39 is 123 Å². The maximum absolute atomic E-state index is 11.9. The molecule has 0 unspecified atom stereocenters. The monoisotopic (exact) mass is 593 g/mol. The van der Waals surface area contributed by atoms with Gasteiger partial charge in [0.1, 0.15) is 67.1 Å². The summed E-state index contributed by atoms with van der Waals surface area (Å²) in [6.07, 6.45) is -24.3. The van der Waals surface area contributed by atoms with E-state index in [1.165, 1.54) is 0 Å². The zero-order valence-electron chi connectivity index (χ0n) is 20.2. The van der Waals surface area contributed by atoms with E-state index in [-0.39, 0.29) is 0 Å². The number of hydrogen-bond acceptors (Lipinski definition) is 18. The molecule has 0 aromatic heterocycles. The topological polar surface area (TPSA) is 320 Å². The number of primary amides is 1. The Balaban J connectivity index is 2.03. The number of hydrogen-bond donors (Lipinski definition) is 13.